The van der Waals surface area contributed by atoms with E-state index in [1.54, 1.807) is 19.2 Å². The van der Waals surface area contributed by atoms with Gasteiger partial charge in [0.15, 0.2) is 0 Å². The van der Waals surface area contributed by atoms with E-state index >= 15 is 0 Å². The average Bonchev–Trinajstić information content (AvgIpc) is 3.30. The van der Waals surface area contributed by atoms with Crippen molar-refractivity contribution >= 4 is 5.69 Å². The molecule has 6 nitrogen and oxygen atoms in total. The highest BCUT2D eigenvalue weighted by atomic mass is 16.6. The Balaban J connectivity index is 1.91. The monoisotopic (exact) mass is 293 g/mol. The molecule has 0 amide bonds. The van der Waals surface area contributed by atoms with Crippen LogP contribution < -0.4 is 10.1 Å². The van der Waals surface area contributed by atoms with Crippen molar-refractivity contribution in [2.75, 3.05) is 20.7 Å². The van der Waals surface area contributed by atoms with Gasteiger partial charge in [0.25, 0.3) is 5.69 Å². The van der Waals surface area contributed by atoms with Crippen LogP contribution in [0, 0.1) is 10.1 Å². The lowest BCUT2D eigenvalue weighted by atomic mass is 10.1. The second-order valence-corrected chi connectivity index (χ2v) is 5.63. The van der Waals surface area contributed by atoms with Crippen molar-refractivity contribution in [2.45, 2.75) is 38.4 Å². The minimum atomic E-state index is -0.383. The number of nitro groups is 1. The first-order chi connectivity index (χ1) is 10.0. The molecule has 6 heteroatoms. The van der Waals surface area contributed by atoms with Crippen LogP contribution in [0.15, 0.2) is 18.2 Å². The number of nitrogens with zero attached hydrogens (tertiary/aromatic N) is 2. The number of hydrogen-bond donors (Lipinski definition) is 1. The van der Waals surface area contributed by atoms with E-state index in [-0.39, 0.29) is 10.6 Å². The number of nitro benzene ring substituents is 1. The Labute approximate surface area is 125 Å². The molecule has 2 rings (SSSR count). The maximum absolute atomic E-state index is 10.8. The molecule has 0 bridgehead atoms. The zero-order valence-electron chi connectivity index (χ0n) is 12.8. The summed E-state index contributed by atoms with van der Waals surface area (Å²) in [5, 5.41) is 14.2. The molecule has 0 saturated heterocycles. The van der Waals surface area contributed by atoms with Crippen LogP contribution in [0.4, 0.5) is 5.69 Å². The summed E-state index contributed by atoms with van der Waals surface area (Å²) in [6, 6.07) is 5.86. The molecule has 1 saturated carbocycles. The number of methoxy groups -OCH3 is 1. The minimum absolute atomic E-state index is 0.0933. The minimum Gasteiger partial charge on any atom is -0.496 e. The average molecular weight is 293 g/mol. The Morgan fingerprint density at radius 3 is 2.81 bits per heavy atom. The molecule has 116 valence electrons. The van der Waals surface area contributed by atoms with E-state index < -0.39 is 0 Å². The highest BCUT2D eigenvalue weighted by Gasteiger charge is 2.28. The maximum atomic E-state index is 10.8. The SMILES string of the molecule is COc1ccc([N+](=O)[O-])cc1CNCC(C)N(C)C1CC1. The molecule has 21 heavy (non-hydrogen) atoms. The van der Waals surface area contributed by atoms with Gasteiger partial charge in [-0.3, -0.25) is 15.0 Å². The lowest BCUT2D eigenvalue weighted by Crippen LogP contribution is -2.38. The molecule has 1 unspecified atom stereocenters. The summed E-state index contributed by atoms with van der Waals surface area (Å²) in [7, 11) is 3.73. The molecule has 1 aromatic carbocycles. The summed E-state index contributed by atoms with van der Waals surface area (Å²) in [6.07, 6.45) is 2.58. The Morgan fingerprint density at radius 2 is 2.24 bits per heavy atom. The Morgan fingerprint density at radius 1 is 1.52 bits per heavy atom. The second-order valence-electron chi connectivity index (χ2n) is 5.63. The number of hydrogen-bond acceptors (Lipinski definition) is 5. The van der Waals surface area contributed by atoms with Gasteiger partial charge < -0.3 is 10.1 Å². The van der Waals surface area contributed by atoms with Crippen molar-refractivity contribution in [3.05, 3.63) is 33.9 Å². The summed E-state index contributed by atoms with van der Waals surface area (Å²) in [4.78, 5) is 12.8. The van der Waals surface area contributed by atoms with Crippen molar-refractivity contribution in [1.82, 2.24) is 10.2 Å². The topological polar surface area (TPSA) is 67.6 Å². The summed E-state index contributed by atoms with van der Waals surface area (Å²) >= 11 is 0. The molecular formula is C15H23N3O3. The van der Waals surface area contributed by atoms with E-state index in [0.29, 0.717) is 18.3 Å². The van der Waals surface area contributed by atoms with Crippen LogP contribution in [-0.4, -0.2) is 42.6 Å². The van der Waals surface area contributed by atoms with Gasteiger partial charge in [-0.25, -0.2) is 0 Å². The van der Waals surface area contributed by atoms with Crippen LogP contribution in [0.3, 0.4) is 0 Å². The highest BCUT2D eigenvalue weighted by molar-refractivity contribution is 5.43. The first-order valence-electron chi connectivity index (χ1n) is 7.27. The number of likely N-dealkylation sites (N-methyl/N-ethyl adjacent to an activating group) is 1. The summed E-state index contributed by atoms with van der Waals surface area (Å²) in [5.74, 6) is 0.677. The molecule has 1 N–H and O–H groups in total. The molecule has 0 aromatic heterocycles. The van der Waals surface area contributed by atoms with Gasteiger partial charge in [-0.2, -0.15) is 0 Å². The van der Waals surface area contributed by atoms with Crippen LogP contribution in [0.1, 0.15) is 25.3 Å². The fourth-order valence-corrected chi connectivity index (χ4v) is 2.42. The molecular weight excluding hydrogens is 270 g/mol. The third-order valence-corrected chi connectivity index (χ3v) is 4.05. The predicted molar refractivity (Wildman–Crippen MR) is 81.6 cm³/mol. The van der Waals surface area contributed by atoms with Gasteiger partial charge >= 0.3 is 0 Å². The zero-order valence-corrected chi connectivity index (χ0v) is 12.8. The number of benzene rings is 1. The van der Waals surface area contributed by atoms with E-state index in [9.17, 15) is 10.1 Å². The quantitative estimate of drug-likeness (QED) is 0.588. The van der Waals surface area contributed by atoms with Crippen LogP contribution in [0.25, 0.3) is 0 Å². The third-order valence-electron chi connectivity index (χ3n) is 4.05. The summed E-state index contributed by atoms with van der Waals surface area (Å²) in [5.41, 5.74) is 0.906. The van der Waals surface area contributed by atoms with Crippen LogP contribution in [0.2, 0.25) is 0 Å². The molecule has 1 fully saturated rings. The molecule has 0 spiro atoms. The predicted octanol–water partition coefficient (Wildman–Crippen LogP) is 2.18. The molecule has 1 aliphatic carbocycles. The number of non-ortho nitro benzene ring substituents is 1. The van der Waals surface area contributed by atoms with Gasteiger partial charge in [0.1, 0.15) is 5.75 Å². The molecule has 0 aliphatic heterocycles. The molecule has 0 heterocycles. The normalized spacial score (nSPS) is 16.0. The van der Waals surface area contributed by atoms with Crippen molar-refractivity contribution in [3.63, 3.8) is 0 Å². The van der Waals surface area contributed by atoms with Crippen molar-refractivity contribution in [2.24, 2.45) is 0 Å². The van der Waals surface area contributed by atoms with Gasteiger partial charge in [-0.1, -0.05) is 0 Å². The van der Waals surface area contributed by atoms with Crippen molar-refractivity contribution in [1.29, 1.82) is 0 Å². The van der Waals surface area contributed by atoms with E-state index in [1.165, 1.54) is 18.9 Å². The smallest absolute Gasteiger partial charge is 0.270 e. The molecule has 0 radical (unpaired) electrons. The Kier molecular flexibility index (Phi) is 5.14. The third kappa shape index (κ3) is 4.15. The Hall–Kier alpha value is -1.66. The fraction of sp³-hybridized carbons (Fsp3) is 0.600. The molecule has 1 atom stereocenters. The lowest BCUT2D eigenvalue weighted by Gasteiger charge is -2.24. The molecule has 1 aromatic rings. The van der Waals surface area contributed by atoms with Gasteiger partial charge in [0.2, 0.25) is 0 Å². The first kappa shape index (κ1) is 15.7. The van der Waals surface area contributed by atoms with Crippen LogP contribution >= 0.6 is 0 Å². The first-order valence-corrected chi connectivity index (χ1v) is 7.27. The van der Waals surface area contributed by atoms with Gasteiger partial charge in [0, 0.05) is 42.9 Å². The van der Waals surface area contributed by atoms with Crippen LogP contribution in [0.5, 0.6) is 5.75 Å². The lowest BCUT2D eigenvalue weighted by molar-refractivity contribution is -0.384. The second kappa shape index (κ2) is 6.87. The van der Waals surface area contributed by atoms with Crippen molar-refractivity contribution < 1.29 is 9.66 Å². The van der Waals surface area contributed by atoms with E-state index in [4.69, 9.17) is 4.74 Å². The van der Waals surface area contributed by atoms with Crippen LogP contribution in [-0.2, 0) is 6.54 Å². The zero-order chi connectivity index (χ0) is 15.4. The Bertz CT molecular complexity index is 503. The van der Waals surface area contributed by atoms with Crippen molar-refractivity contribution in [3.8, 4) is 5.75 Å². The number of rotatable bonds is 8. The standard InChI is InChI=1S/C15H23N3O3/c1-11(17(2)13-4-5-13)9-16-10-12-8-14(18(19)20)6-7-15(12)21-3/h6-8,11,13,16H,4-5,9-10H2,1-3H3. The van der Waals surface area contributed by atoms with E-state index in [2.05, 4.69) is 24.2 Å². The molecule has 1 aliphatic rings. The number of ether oxygens (including phenoxy) is 1. The summed E-state index contributed by atoms with van der Waals surface area (Å²) < 4.78 is 5.26. The fourth-order valence-electron chi connectivity index (χ4n) is 2.42. The van der Waals surface area contributed by atoms with Gasteiger partial charge in [-0.05, 0) is 32.9 Å². The highest BCUT2D eigenvalue weighted by Crippen LogP contribution is 2.27. The summed E-state index contributed by atoms with van der Waals surface area (Å²) in [6.45, 7) is 3.60. The van der Waals surface area contributed by atoms with Gasteiger partial charge in [0.05, 0.1) is 12.0 Å². The number of nitrogens with one attached hydrogen (secondary N) is 1. The maximum Gasteiger partial charge on any atom is 0.270 e. The van der Waals surface area contributed by atoms with E-state index in [1.807, 2.05) is 0 Å². The van der Waals surface area contributed by atoms with Gasteiger partial charge in [-0.15, -0.1) is 0 Å². The largest absolute Gasteiger partial charge is 0.496 e. The van der Waals surface area contributed by atoms with E-state index in [0.717, 1.165) is 18.2 Å².